The molecule has 1 saturated heterocycles. The van der Waals surface area contributed by atoms with Crippen molar-refractivity contribution in [3.05, 3.63) is 24.0 Å². The zero-order valence-electron chi connectivity index (χ0n) is 14.7. The van der Waals surface area contributed by atoms with E-state index in [-0.39, 0.29) is 6.04 Å². The highest BCUT2D eigenvalue weighted by atomic mass is 32.2. The summed E-state index contributed by atoms with van der Waals surface area (Å²) in [4.78, 5) is 0. The number of aliphatic hydroxyl groups excluding tert-OH is 3. The molecule has 1 aromatic rings. The van der Waals surface area contributed by atoms with Crippen LogP contribution in [0.1, 0.15) is 32.5 Å². The molecule has 0 bridgehead atoms. The summed E-state index contributed by atoms with van der Waals surface area (Å²) in [5.41, 5.74) is 0.224. The molecule has 9 heteroatoms. The predicted octanol–water partition coefficient (Wildman–Crippen LogP) is 0.492. The SMILES string of the molecule is CC1O[C@@H](SC/C=C/COCc2cn(C(C)C)nn2)C(O)C(O)[C@@H]1O. The number of ether oxygens (including phenoxy) is 2. The van der Waals surface area contributed by atoms with E-state index in [1.54, 1.807) is 11.6 Å². The third-order valence-electron chi connectivity index (χ3n) is 3.88. The standard InChI is InChI=1S/C16H27N3O5S/c1-10(2)19-8-12(17-18-19)9-23-6-4-5-7-25-16-15(22)14(21)13(20)11(3)24-16/h4-5,8,10-11,13-16,20-22H,6-7,9H2,1-3H3/b5-4+/t11?,13-,14?,15?,16+/m1/s1. The molecule has 142 valence electrons. The van der Waals surface area contributed by atoms with Gasteiger partial charge in [-0.15, -0.1) is 16.9 Å². The highest BCUT2D eigenvalue weighted by Gasteiger charge is 2.41. The van der Waals surface area contributed by atoms with Crippen molar-refractivity contribution in [3.63, 3.8) is 0 Å². The van der Waals surface area contributed by atoms with Crippen molar-refractivity contribution in [3.8, 4) is 0 Å². The average molecular weight is 373 g/mol. The summed E-state index contributed by atoms with van der Waals surface area (Å²) in [6, 6.07) is 0.276. The van der Waals surface area contributed by atoms with E-state index in [0.717, 1.165) is 5.69 Å². The van der Waals surface area contributed by atoms with Crippen molar-refractivity contribution in [2.75, 3.05) is 12.4 Å². The van der Waals surface area contributed by atoms with E-state index in [2.05, 4.69) is 10.3 Å². The van der Waals surface area contributed by atoms with Crippen LogP contribution in [0, 0.1) is 0 Å². The fourth-order valence-corrected chi connectivity index (χ4v) is 3.35. The maximum Gasteiger partial charge on any atom is 0.132 e. The maximum atomic E-state index is 9.91. The first-order chi connectivity index (χ1) is 11.9. The summed E-state index contributed by atoms with van der Waals surface area (Å²) in [7, 11) is 0. The first-order valence-corrected chi connectivity index (χ1v) is 9.39. The Morgan fingerprint density at radius 1 is 1.28 bits per heavy atom. The van der Waals surface area contributed by atoms with Gasteiger partial charge in [-0.25, -0.2) is 4.68 Å². The zero-order valence-corrected chi connectivity index (χ0v) is 15.5. The Hall–Kier alpha value is -0.970. The lowest BCUT2D eigenvalue weighted by molar-refractivity contribution is -0.192. The van der Waals surface area contributed by atoms with Crippen LogP contribution in [0.5, 0.6) is 0 Å². The lowest BCUT2D eigenvalue weighted by atomic mass is 10.0. The van der Waals surface area contributed by atoms with Gasteiger partial charge >= 0.3 is 0 Å². The second-order valence-corrected chi connectivity index (χ2v) is 7.42. The summed E-state index contributed by atoms with van der Waals surface area (Å²) >= 11 is 1.36. The van der Waals surface area contributed by atoms with Crippen LogP contribution in [0.15, 0.2) is 18.3 Å². The molecule has 25 heavy (non-hydrogen) atoms. The van der Waals surface area contributed by atoms with Crippen LogP contribution in [0.2, 0.25) is 0 Å². The summed E-state index contributed by atoms with van der Waals surface area (Å²) in [6.07, 6.45) is 1.79. The van der Waals surface area contributed by atoms with Crippen LogP contribution < -0.4 is 0 Å². The van der Waals surface area contributed by atoms with Crippen molar-refractivity contribution >= 4 is 11.8 Å². The van der Waals surface area contributed by atoms with E-state index in [9.17, 15) is 15.3 Å². The molecule has 0 radical (unpaired) electrons. The molecule has 2 heterocycles. The molecule has 3 N–H and O–H groups in total. The number of nitrogens with zero attached hydrogens (tertiary/aromatic N) is 3. The van der Waals surface area contributed by atoms with Gasteiger partial charge in [-0.3, -0.25) is 0 Å². The molecule has 8 nitrogen and oxygen atoms in total. The van der Waals surface area contributed by atoms with Crippen LogP contribution in [-0.4, -0.2) is 72.5 Å². The zero-order chi connectivity index (χ0) is 18.4. The van der Waals surface area contributed by atoms with Gasteiger partial charge in [0.15, 0.2) is 0 Å². The molecule has 1 fully saturated rings. The monoisotopic (exact) mass is 373 g/mol. The van der Waals surface area contributed by atoms with Crippen LogP contribution in [0.25, 0.3) is 0 Å². The first-order valence-electron chi connectivity index (χ1n) is 8.35. The third kappa shape index (κ3) is 5.77. The number of rotatable bonds is 8. The Morgan fingerprint density at radius 2 is 2.04 bits per heavy atom. The van der Waals surface area contributed by atoms with Gasteiger partial charge in [-0.1, -0.05) is 17.4 Å². The Balaban J connectivity index is 1.63. The van der Waals surface area contributed by atoms with Gasteiger partial charge in [0.25, 0.3) is 0 Å². The lowest BCUT2D eigenvalue weighted by Gasteiger charge is -2.38. The van der Waals surface area contributed by atoms with Gasteiger partial charge in [-0.2, -0.15) is 0 Å². The van der Waals surface area contributed by atoms with Gasteiger partial charge < -0.3 is 24.8 Å². The van der Waals surface area contributed by atoms with Gasteiger partial charge in [0, 0.05) is 11.8 Å². The van der Waals surface area contributed by atoms with E-state index in [4.69, 9.17) is 9.47 Å². The van der Waals surface area contributed by atoms with Crippen molar-refractivity contribution in [2.45, 2.75) is 63.3 Å². The lowest BCUT2D eigenvalue weighted by Crippen LogP contribution is -2.55. The smallest absolute Gasteiger partial charge is 0.132 e. The molecule has 3 unspecified atom stereocenters. The number of aromatic nitrogens is 3. The van der Waals surface area contributed by atoms with Gasteiger partial charge in [0.2, 0.25) is 0 Å². The number of hydrogen-bond donors (Lipinski definition) is 3. The normalized spacial score (nSPS) is 30.4. The Labute approximate surface area is 151 Å². The fourth-order valence-electron chi connectivity index (χ4n) is 2.30. The van der Waals surface area contributed by atoms with Gasteiger partial charge in [0.05, 0.1) is 25.5 Å². The van der Waals surface area contributed by atoms with Crippen LogP contribution >= 0.6 is 11.8 Å². The molecular formula is C16H27N3O5S. The van der Waals surface area contributed by atoms with Gasteiger partial charge in [-0.05, 0) is 20.8 Å². The maximum absolute atomic E-state index is 9.91. The Bertz CT molecular complexity index is 554. The molecule has 0 spiro atoms. The van der Waals surface area contributed by atoms with Crippen LogP contribution in [0.3, 0.4) is 0 Å². The Kier molecular flexibility index (Phi) is 7.85. The molecule has 5 atom stereocenters. The number of hydrogen-bond acceptors (Lipinski definition) is 8. The molecule has 0 saturated carbocycles. The van der Waals surface area contributed by atoms with E-state index >= 15 is 0 Å². The summed E-state index contributed by atoms with van der Waals surface area (Å²) in [5.74, 6) is 0.601. The fraction of sp³-hybridized carbons (Fsp3) is 0.750. The van der Waals surface area contributed by atoms with Crippen molar-refractivity contribution < 1.29 is 24.8 Å². The number of aliphatic hydroxyl groups is 3. The molecule has 1 aliphatic rings. The summed E-state index contributed by atoms with van der Waals surface area (Å²) in [6.45, 7) is 6.59. The minimum atomic E-state index is -1.19. The van der Waals surface area contributed by atoms with E-state index in [1.165, 1.54) is 11.8 Å². The van der Waals surface area contributed by atoms with E-state index in [1.807, 2.05) is 32.2 Å². The van der Waals surface area contributed by atoms with Crippen molar-refractivity contribution in [2.24, 2.45) is 0 Å². The van der Waals surface area contributed by atoms with Crippen molar-refractivity contribution in [1.29, 1.82) is 0 Å². The summed E-state index contributed by atoms with van der Waals surface area (Å²) < 4.78 is 12.8. The molecule has 0 aromatic carbocycles. The van der Waals surface area contributed by atoms with E-state index in [0.29, 0.717) is 19.0 Å². The van der Waals surface area contributed by atoms with Crippen LogP contribution in [-0.2, 0) is 16.1 Å². The molecule has 2 rings (SSSR count). The summed E-state index contributed by atoms with van der Waals surface area (Å²) in [5, 5.41) is 37.4. The minimum Gasteiger partial charge on any atom is -0.388 e. The second-order valence-electron chi connectivity index (χ2n) is 6.28. The molecule has 0 aliphatic carbocycles. The minimum absolute atomic E-state index is 0.276. The molecular weight excluding hydrogens is 346 g/mol. The highest BCUT2D eigenvalue weighted by Crippen LogP contribution is 2.28. The van der Waals surface area contributed by atoms with E-state index < -0.39 is 29.9 Å². The third-order valence-corrected chi connectivity index (χ3v) is 4.99. The topological polar surface area (TPSA) is 110 Å². The van der Waals surface area contributed by atoms with Crippen molar-refractivity contribution in [1.82, 2.24) is 15.0 Å². The van der Waals surface area contributed by atoms with Gasteiger partial charge in [0.1, 0.15) is 29.4 Å². The molecule has 0 amide bonds. The number of thioether (sulfide) groups is 1. The second kappa shape index (κ2) is 9.65. The first kappa shape index (κ1) is 20.3. The Morgan fingerprint density at radius 3 is 2.72 bits per heavy atom. The van der Waals surface area contributed by atoms with Crippen LogP contribution in [0.4, 0.5) is 0 Å². The predicted molar refractivity (Wildman–Crippen MR) is 94.0 cm³/mol. The largest absolute Gasteiger partial charge is 0.388 e. The highest BCUT2D eigenvalue weighted by molar-refractivity contribution is 7.99. The average Bonchev–Trinajstić information content (AvgIpc) is 3.05. The molecule has 1 aliphatic heterocycles. The molecule has 1 aromatic heterocycles. The quantitative estimate of drug-likeness (QED) is 0.446.